The van der Waals surface area contributed by atoms with Crippen molar-refractivity contribution in [3.05, 3.63) is 176 Å². The number of pyridine rings is 2. The smallest absolute Gasteiger partial charge is 0.0991 e. The van der Waals surface area contributed by atoms with Gasteiger partial charge in [-0.15, -0.1) is 0 Å². The normalized spacial score (nSPS) is 11.5. The lowest BCUT2D eigenvalue weighted by Gasteiger charge is -2.16. The molecule has 4 heteroatoms. The summed E-state index contributed by atoms with van der Waals surface area (Å²) in [7, 11) is 0. The third-order valence-electron chi connectivity index (χ3n) is 10.1. The molecule has 10 aromatic rings. The minimum atomic E-state index is 0.652. The van der Waals surface area contributed by atoms with E-state index in [4.69, 9.17) is 4.98 Å². The Morgan fingerprint density at radius 3 is 1.76 bits per heavy atom. The summed E-state index contributed by atoms with van der Waals surface area (Å²) in [6.45, 7) is 0. The molecule has 51 heavy (non-hydrogen) atoms. The summed E-state index contributed by atoms with van der Waals surface area (Å²) in [4.78, 5) is 9.35. The SMILES string of the molecule is N#Cc1ccc2c(c1)c1cc(-c3cc4c5ccccc5c(-c5cccc(-c6ccncc6)n5)cc4c4ccccc34)ccc1n2-c1ccccc1. The van der Waals surface area contributed by atoms with Crippen molar-refractivity contribution in [2.45, 2.75) is 0 Å². The summed E-state index contributed by atoms with van der Waals surface area (Å²) in [5, 5.41) is 19.1. The van der Waals surface area contributed by atoms with Gasteiger partial charge < -0.3 is 4.57 Å². The Morgan fingerprint density at radius 1 is 0.431 bits per heavy atom. The topological polar surface area (TPSA) is 54.5 Å². The predicted octanol–water partition coefficient (Wildman–Crippen LogP) is 11.9. The number of aromatic nitrogens is 3. The number of nitrogens with zero attached hydrogens (tertiary/aromatic N) is 4. The zero-order valence-electron chi connectivity index (χ0n) is 27.5. The van der Waals surface area contributed by atoms with Crippen LogP contribution in [0, 0.1) is 11.3 Å². The molecule has 0 N–H and O–H groups in total. The van der Waals surface area contributed by atoms with Gasteiger partial charge in [0.15, 0.2) is 0 Å². The van der Waals surface area contributed by atoms with E-state index < -0.39 is 0 Å². The van der Waals surface area contributed by atoms with Crippen molar-refractivity contribution in [2.24, 2.45) is 0 Å². The molecule has 0 atom stereocenters. The van der Waals surface area contributed by atoms with Crippen LogP contribution in [0.1, 0.15) is 5.56 Å². The maximum atomic E-state index is 9.83. The minimum Gasteiger partial charge on any atom is -0.309 e. The number of benzene rings is 7. The largest absolute Gasteiger partial charge is 0.309 e. The fourth-order valence-electron chi connectivity index (χ4n) is 7.79. The summed E-state index contributed by atoms with van der Waals surface area (Å²) in [6, 6.07) is 57.9. The number of hydrogen-bond acceptors (Lipinski definition) is 3. The van der Waals surface area contributed by atoms with E-state index in [1.807, 2.05) is 30.3 Å². The summed E-state index contributed by atoms with van der Waals surface area (Å²) in [5.74, 6) is 0. The van der Waals surface area contributed by atoms with Crippen LogP contribution in [0.15, 0.2) is 170 Å². The third kappa shape index (κ3) is 4.60. The summed E-state index contributed by atoms with van der Waals surface area (Å²) >= 11 is 0. The first-order valence-corrected chi connectivity index (χ1v) is 17.0. The highest BCUT2D eigenvalue weighted by molar-refractivity contribution is 6.24. The van der Waals surface area contributed by atoms with Crippen molar-refractivity contribution in [1.29, 1.82) is 5.26 Å². The fourth-order valence-corrected chi connectivity index (χ4v) is 7.79. The summed E-state index contributed by atoms with van der Waals surface area (Å²) in [5.41, 5.74) is 10.2. The molecule has 3 heterocycles. The predicted molar refractivity (Wildman–Crippen MR) is 210 cm³/mol. The van der Waals surface area contributed by atoms with Crippen LogP contribution in [0.3, 0.4) is 0 Å². The molecule has 0 saturated heterocycles. The van der Waals surface area contributed by atoms with Gasteiger partial charge in [0.2, 0.25) is 0 Å². The first kappa shape index (κ1) is 28.9. The Hall–Kier alpha value is -7.09. The Labute approximate surface area is 294 Å². The highest BCUT2D eigenvalue weighted by atomic mass is 15.0. The molecular weight excluding hydrogens is 621 g/mol. The molecule has 0 aliphatic heterocycles. The Balaban J connectivity index is 1.24. The molecule has 0 saturated carbocycles. The molecule has 7 aromatic carbocycles. The molecule has 3 aromatic heterocycles. The van der Waals surface area contributed by atoms with Gasteiger partial charge in [0.1, 0.15) is 0 Å². The molecule has 0 aliphatic carbocycles. The van der Waals surface area contributed by atoms with E-state index in [0.717, 1.165) is 61.0 Å². The van der Waals surface area contributed by atoms with Gasteiger partial charge in [-0.25, -0.2) is 4.98 Å². The van der Waals surface area contributed by atoms with Gasteiger partial charge in [0.25, 0.3) is 0 Å². The highest BCUT2D eigenvalue weighted by Crippen LogP contribution is 2.43. The van der Waals surface area contributed by atoms with E-state index in [1.54, 1.807) is 12.4 Å². The number of hydrogen-bond donors (Lipinski definition) is 0. The van der Waals surface area contributed by atoms with Crippen molar-refractivity contribution in [3.63, 3.8) is 0 Å². The first-order valence-electron chi connectivity index (χ1n) is 17.0. The quantitative estimate of drug-likeness (QED) is 0.178. The molecular formula is C47H28N4. The molecule has 0 spiro atoms. The lowest BCUT2D eigenvalue weighted by atomic mass is 9.88. The van der Waals surface area contributed by atoms with E-state index in [2.05, 4.69) is 143 Å². The molecule has 0 aliphatic rings. The summed E-state index contributed by atoms with van der Waals surface area (Å²) < 4.78 is 2.29. The second-order valence-electron chi connectivity index (χ2n) is 12.9. The van der Waals surface area contributed by atoms with E-state index in [1.165, 1.54) is 32.5 Å². The number of nitriles is 1. The standard InChI is InChI=1S/C47H28N4/c48-29-30-17-19-46-42(25-30)43-26-32(18-20-47(43)51(46)33-9-2-1-3-10-33)38-27-39-36-13-6-7-14-37(36)41(28-40(39)35-12-5-4-11-34(35)38)45-16-8-15-44(50-45)31-21-23-49-24-22-31/h1-28H. The zero-order chi connectivity index (χ0) is 33.9. The van der Waals surface area contributed by atoms with Gasteiger partial charge in [-0.05, 0) is 122 Å². The molecule has 236 valence electrons. The minimum absolute atomic E-state index is 0.652. The summed E-state index contributed by atoms with van der Waals surface area (Å²) in [6.07, 6.45) is 3.61. The van der Waals surface area contributed by atoms with Crippen LogP contribution < -0.4 is 0 Å². The lowest BCUT2D eigenvalue weighted by molar-refractivity contribution is 1.18. The van der Waals surface area contributed by atoms with Crippen molar-refractivity contribution in [1.82, 2.24) is 14.5 Å². The van der Waals surface area contributed by atoms with E-state index in [9.17, 15) is 5.26 Å². The van der Waals surface area contributed by atoms with Crippen molar-refractivity contribution in [2.75, 3.05) is 0 Å². The second-order valence-corrected chi connectivity index (χ2v) is 12.9. The Morgan fingerprint density at radius 2 is 1.04 bits per heavy atom. The van der Waals surface area contributed by atoms with Crippen LogP contribution in [0.25, 0.3) is 93.5 Å². The van der Waals surface area contributed by atoms with Crippen molar-refractivity contribution in [3.8, 4) is 45.4 Å². The molecule has 0 bridgehead atoms. The molecule has 0 unspecified atom stereocenters. The number of fused-ring (bicyclic) bond motifs is 8. The molecule has 0 radical (unpaired) electrons. The van der Waals surface area contributed by atoms with Crippen LogP contribution in [0.4, 0.5) is 0 Å². The van der Waals surface area contributed by atoms with Gasteiger partial charge in [-0.3, -0.25) is 4.98 Å². The Kier molecular flexibility index (Phi) is 6.52. The fraction of sp³-hybridized carbons (Fsp3) is 0. The van der Waals surface area contributed by atoms with Crippen LogP contribution in [0.2, 0.25) is 0 Å². The van der Waals surface area contributed by atoms with Crippen LogP contribution >= 0.6 is 0 Å². The number of rotatable bonds is 4. The Bertz CT molecular complexity index is 3030. The highest BCUT2D eigenvalue weighted by Gasteiger charge is 2.18. The molecule has 0 amide bonds. The molecule has 0 fully saturated rings. The second kappa shape index (κ2) is 11.5. The first-order chi connectivity index (χ1) is 25.2. The average Bonchev–Trinajstić information content (AvgIpc) is 3.53. The average molecular weight is 649 g/mol. The molecule has 10 rings (SSSR count). The van der Waals surface area contributed by atoms with Gasteiger partial charge in [-0.1, -0.05) is 78.9 Å². The van der Waals surface area contributed by atoms with Gasteiger partial charge in [-0.2, -0.15) is 5.26 Å². The van der Waals surface area contributed by atoms with E-state index in [-0.39, 0.29) is 0 Å². The van der Waals surface area contributed by atoms with E-state index >= 15 is 0 Å². The van der Waals surface area contributed by atoms with Gasteiger partial charge in [0.05, 0.1) is 34.1 Å². The van der Waals surface area contributed by atoms with Crippen LogP contribution in [0.5, 0.6) is 0 Å². The molecule has 4 nitrogen and oxygen atoms in total. The monoisotopic (exact) mass is 648 g/mol. The van der Waals surface area contributed by atoms with Gasteiger partial charge >= 0.3 is 0 Å². The van der Waals surface area contributed by atoms with Crippen molar-refractivity contribution >= 4 is 54.1 Å². The number of para-hydroxylation sites is 1. The van der Waals surface area contributed by atoms with E-state index in [0.29, 0.717) is 5.56 Å². The van der Waals surface area contributed by atoms with Crippen LogP contribution in [-0.2, 0) is 0 Å². The zero-order valence-corrected chi connectivity index (χ0v) is 27.5. The maximum absolute atomic E-state index is 9.83. The van der Waals surface area contributed by atoms with Crippen LogP contribution in [-0.4, -0.2) is 14.5 Å². The third-order valence-corrected chi connectivity index (χ3v) is 10.1. The van der Waals surface area contributed by atoms with Gasteiger partial charge in [0, 0.05) is 40.0 Å². The maximum Gasteiger partial charge on any atom is 0.0991 e. The van der Waals surface area contributed by atoms with Crippen molar-refractivity contribution < 1.29 is 0 Å². The lowest BCUT2D eigenvalue weighted by Crippen LogP contribution is -1.93.